The Bertz CT molecular complexity index is 1530. The molecule has 11 heteroatoms. The van der Waals surface area contributed by atoms with E-state index in [9.17, 15) is 19.5 Å². The molecule has 2 aliphatic rings. The summed E-state index contributed by atoms with van der Waals surface area (Å²) in [4.78, 5) is 45.3. The Kier molecular flexibility index (Phi) is 7.56. The third-order valence-corrected chi connectivity index (χ3v) is 7.41. The summed E-state index contributed by atoms with van der Waals surface area (Å²) in [5.74, 6) is -1.25. The summed E-state index contributed by atoms with van der Waals surface area (Å²) in [7, 11) is 0. The molecule has 0 bridgehead atoms. The van der Waals surface area contributed by atoms with Crippen LogP contribution in [0.1, 0.15) is 39.5 Å². The summed E-state index contributed by atoms with van der Waals surface area (Å²) in [5.41, 5.74) is 1.03. The summed E-state index contributed by atoms with van der Waals surface area (Å²) in [6.45, 7) is 8.17. The highest BCUT2D eigenvalue weighted by atomic mass is 32.1. The summed E-state index contributed by atoms with van der Waals surface area (Å²) in [6.07, 6.45) is 1.61. The van der Waals surface area contributed by atoms with Crippen LogP contribution in [0.25, 0.3) is 5.76 Å². The molecular weight excluding hydrogens is 536 g/mol. The normalized spacial score (nSPS) is 17.6. The number of aromatic nitrogens is 1. The number of carbonyl (C=O) groups is 3. The lowest BCUT2D eigenvalue weighted by atomic mass is 9.95. The number of ether oxygens (including phenoxy) is 4. The zero-order valence-corrected chi connectivity index (χ0v) is 22.7. The molecule has 1 atom stereocenters. The van der Waals surface area contributed by atoms with Gasteiger partial charge < -0.3 is 24.1 Å². The molecule has 0 spiro atoms. The van der Waals surface area contributed by atoms with Crippen LogP contribution in [0.4, 0.5) is 5.13 Å². The van der Waals surface area contributed by atoms with Crippen molar-refractivity contribution in [2.75, 3.05) is 31.3 Å². The van der Waals surface area contributed by atoms with Crippen LogP contribution in [0.3, 0.4) is 0 Å². The van der Waals surface area contributed by atoms with Gasteiger partial charge in [-0.25, -0.2) is 9.78 Å². The van der Waals surface area contributed by atoms with E-state index in [1.807, 2.05) is 0 Å². The molecule has 1 unspecified atom stereocenters. The van der Waals surface area contributed by atoms with Crippen LogP contribution in [0.5, 0.6) is 17.2 Å². The fraction of sp³-hybridized carbons (Fsp3) is 0.241. The summed E-state index contributed by atoms with van der Waals surface area (Å²) in [5, 5.41) is 11.6. The summed E-state index contributed by atoms with van der Waals surface area (Å²) in [6, 6.07) is 10.5. The molecule has 5 rings (SSSR count). The number of aliphatic hydroxyl groups excluding tert-OH is 1. The Labute approximate surface area is 234 Å². The minimum Gasteiger partial charge on any atom is -0.507 e. The predicted molar refractivity (Wildman–Crippen MR) is 147 cm³/mol. The van der Waals surface area contributed by atoms with Gasteiger partial charge in [0.15, 0.2) is 16.6 Å². The van der Waals surface area contributed by atoms with Gasteiger partial charge in [-0.1, -0.05) is 36.1 Å². The molecule has 1 saturated heterocycles. The highest BCUT2D eigenvalue weighted by Crippen LogP contribution is 2.45. The Balaban J connectivity index is 1.64. The molecule has 1 aromatic heterocycles. The van der Waals surface area contributed by atoms with E-state index in [-0.39, 0.29) is 33.5 Å². The molecule has 0 radical (unpaired) electrons. The van der Waals surface area contributed by atoms with Crippen molar-refractivity contribution in [1.82, 2.24) is 4.98 Å². The molecule has 1 fully saturated rings. The van der Waals surface area contributed by atoms with Crippen molar-refractivity contribution in [3.8, 4) is 17.2 Å². The van der Waals surface area contributed by atoms with E-state index < -0.39 is 23.7 Å². The smallest absolute Gasteiger partial charge is 0.350 e. The molecular formula is C29H26N2O8S. The topological polar surface area (TPSA) is 124 Å². The number of fused-ring (bicyclic) bond motifs is 1. The van der Waals surface area contributed by atoms with Crippen molar-refractivity contribution < 1.29 is 38.4 Å². The highest BCUT2D eigenvalue weighted by molar-refractivity contribution is 7.17. The number of carbonyl (C=O) groups excluding carboxylic acids is 3. The molecule has 40 heavy (non-hydrogen) atoms. The molecule has 3 heterocycles. The number of anilines is 1. The molecule has 2 aromatic carbocycles. The maximum atomic E-state index is 13.5. The van der Waals surface area contributed by atoms with Crippen molar-refractivity contribution in [3.63, 3.8) is 0 Å². The third kappa shape index (κ3) is 4.91. The standard InChI is InChI=1S/C29H26N2O8S/c1-4-12-37-19-9-6-17(7-10-19)23-22(24(32)18-8-11-20-21(15-18)39-14-13-38-20)25(33)27(34)31(23)29-30-16(3)26(40-29)28(35)36-5-2/h4,6-11,15,23,32H,1,5,12-14H2,2-3H3/b24-22+. The van der Waals surface area contributed by atoms with Gasteiger partial charge in [-0.05, 0) is 49.7 Å². The third-order valence-electron chi connectivity index (χ3n) is 6.28. The van der Waals surface area contributed by atoms with E-state index in [0.717, 1.165) is 11.3 Å². The zero-order valence-electron chi connectivity index (χ0n) is 21.8. The second-order valence-electron chi connectivity index (χ2n) is 8.83. The number of aryl methyl sites for hydroxylation is 1. The van der Waals surface area contributed by atoms with E-state index in [1.165, 1.54) is 4.90 Å². The molecule has 10 nitrogen and oxygen atoms in total. The monoisotopic (exact) mass is 562 g/mol. The first kappa shape index (κ1) is 26.9. The quantitative estimate of drug-likeness (QED) is 0.138. The number of nitrogens with zero attached hydrogens (tertiary/aromatic N) is 2. The zero-order chi connectivity index (χ0) is 28.4. The van der Waals surface area contributed by atoms with E-state index >= 15 is 0 Å². The number of rotatable bonds is 8. The van der Waals surface area contributed by atoms with Gasteiger partial charge in [0.1, 0.15) is 36.2 Å². The maximum absolute atomic E-state index is 13.5. The molecule has 0 saturated carbocycles. The maximum Gasteiger partial charge on any atom is 0.350 e. The minimum absolute atomic E-state index is 0.126. The van der Waals surface area contributed by atoms with Crippen LogP contribution in [-0.4, -0.2) is 54.2 Å². The molecule has 3 aromatic rings. The lowest BCUT2D eigenvalue weighted by Gasteiger charge is -2.23. The van der Waals surface area contributed by atoms with E-state index in [1.54, 1.807) is 62.4 Å². The first-order valence-corrected chi connectivity index (χ1v) is 13.3. The van der Waals surface area contributed by atoms with Crippen LogP contribution >= 0.6 is 11.3 Å². The molecule has 2 aliphatic heterocycles. The first-order chi connectivity index (χ1) is 19.3. The van der Waals surface area contributed by atoms with Crippen LogP contribution in [-0.2, 0) is 14.3 Å². The number of ketones is 1. The van der Waals surface area contributed by atoms with E-state index in [4.69, 9.17) is 18.9 Å². The average Bonchev–Trinajstić information content (AvgIpc) is 3.48. The van der Waals surface area contributed by atoms with E-state index in [0.29, 0.717) is 48.3 Å². The fourth-order valence-electron chi connectivity index (χ4n) is 4.46. The minimum atomic E-state index is -1.04. The van der Waals surface area contributed by atoms with Crippen molar-refractivity contribution in [3.05, 3.63) is 82.4 Å². The van der Waals surface area contributed by atoms with Gasteiger partial charge in [-0.15, -0.1) is 0 Å². The van der Waals surface area contributed by atoms with Gasteiger partial charge in [0.2, 0.25) is 0 Å². The Morgan fingerprint density at radius 2 is 1.90 bits per heavy atom. The molecule has 1 amide bonds. The SMILES string of the molecule is C=CCOc1ccc(C2/C(=C(\O)c3ccc4c(c3)OCCO4)C(=O)C(=O)N2c2nc(C)c(C(=O)OCC)s2)cc1. The molecule has 206 valence electrons. The largest absolute Gasteiger partial charge is 0.507 e. The number of benzene rings is 2. The second-order valence-corrected chi connectivity index (χ2v) is 9.81. The number of hydrogen-bond donors (Lipinski definition) is 1. The lowest BCUT2D eigenvalue weighted by Crippen LogP contribution is -2.29. The van der Waals surface area contributed by atoms with Crippen LogP contribution in [0.2, 0.25) is 0 Å². The lowest BCUT2D eigenvalue weighted by molar-refractivity contribution is -0.132. The van der Waals surface area contributed by atoms with Gasteiger partial charge in [0, 0.05) is 5.56 Å². The molecule has 0 aliphatic carbocycles. The van der Waals surface area contributed by atoms with Crippen molar-refractivity contribution in [1.29, 1.82) is 0 Å². The number of esters is 1. The van der Waals surface area contributed by atoms with Crippen molar-refractivity contribution in [2.24, 2.45) is 0 Å². The van der Waals surface area contributed by atoms with Crippen molar-refractivity contribution in [2.45, 2.75) is 19.9 Å². The van der Waals surface area contributed by atoms with Gasteiger partial charge >= 0.3 is 11.9 Å². The van der Waals surface area contributed by atoms with Gasteiger partial charge in [0.25, 0.3) is 5.78 Å². The second kappa shape index (κ2) is 11.2. The van der Waals surface area contributed by atoms with Gasteiger partial charge in [-0.2, -0.15) is 0 Å². The Morgan fingerprint density at radius 3 is 2.60 bits per heavy atom. The Hall–Kier alpha value is -4.64. The highest BCUT2D eigenvalue weighted by Gasteiger charge is 2.48. The average molecular weight is 563 g/mol. The van der Waals surface area contributed by atoms with Crippen LogP contribution in [0.15, 0.2) is 60.7 Å². The fourth-order valence-corrected chi connectivity index (χ4v) is 5.45. The number of thiazole rings is 1. The molecule has 1 N–H and O–H groups in total. The predicted octanol–water partition coefficient (Wildman–Crippen LogP) is 4.59. The van der Waals surface area contributed by atoms with E-state index in [2.05, 4.69) is 11.6 Å². The van der Waals surface area contributed by atoms with Crippen LogP contribution < -0.4 is 19.1 Å². The number of aliphatic hydroxyl groups is 1. The first-order valence-electron chi connectivity index (χ1n) is 12.5. The van der Waals surface area contributed by atoms with Gasteiger partial charge in [0.05, 0.1) is 23.9 Å². The van der Waals surface area contributed by atoms with Crippen molar-refractivity contribution >= 4 is 39.9 Å². The van der Waals surface area contributed by atoms with Crippen LogP contribution in [0, 0.1) is 6.92 Å². The summed E-state index contributed by atoms with van der Waals surface area (Å²) < 4.78 is 21.9. The van der Waals surface area contributed by atoms with Gasteiger partial charge in [-0.3, -0.25) is 14.5 Å². The Morgan fingerprint density at radius 1 is 1.18 bits per heavy atom. The number of Topliss-reactive ketones (excluding diaryl/α,β-unsaturated/α-hetero) is 1. The summed E-state index contributed by atoms with van der Waals surface area (Å²) >= 11 is 0.942. The number of hydrogen-bond acceptors (Lipinski definition) is 10. The number of amides is 1.